The maximum absolute atomic E-state index is 13.7. The summed E-state index contributed by atoms with van der Waals surface area (Å²) in [6.45, 7) is 0.970. The fourth-order valence-electron chi connectivity index (χ4n) is 3.61. The van der Waals surface area contributed by atoms with Crippen LogP contribution in [0.15, 0.2) is 18.2 Å². The van der Waals surface area contributed by atoms with Crippen molar-refractivity contribution in [2.75, 3.05) is 19.6 Å². The quantitative estimate of drug-likeness (QED) is 0.845. The Hall–Kier alpha value is -2.02. The van der Waals surface area contributed by atoms with E-state index in [9.17, 15) is 23.5 Å². The second kappa shape index (κ2) is 6.47. The molecule has 3 rings (SSSR count). The lowest BCUT2D eigenvalue weighted by Gasteiger charge is -2.46. The number of piperidine rings is 2. The van der Waals surface area contributed by atoms with Crippen molar-refractivity contribution in [3.8, 4) is 0 Å². The zero-order valence-corrected chi connectivity index (χ0v) is 13.2. The molecule has 24 heavy (non-hydrogen) atoms. The molecule has 2 atom stereocenters. The van der Waals surface area contributed by atoms with E-state index in [1.54, 1.807) is 0 Å². The first-order valence-electron chi connectivity index (χ1n) is 8.10. The maximum Gasteiger partial charge on any atom is 0.230 e. The van der Waals surface area contributed by atoms with Gasteiger partial charge in [0.25, 0.3) is 0 Å². The van der Waals surface area contributed by atoms with E-state index in [2.05, 4.69) is 5.32 Å². The first kappa shape index (κ1) is 16.8. The molecule has 5 nitrogen and oxygen atoms in total. The first-order chi connectivity index (χ1) is 11.4. The van der Waals surface area contributed by atoms with Crippen molar-refractivity contribution in [1.29, 1.82) is 0 Å². The van der Waals surface area contributed by atoms with Gasteiger partial charge in [-0.2, -0.15) is 0 Å². The van der Waals surface area contributed by atoms with Crippen LogP contribution in [-0.4, -0.2) is 47.6 Å². The molecule has 2 amide bonds. The number of hydrogen-bond acceptors (Lipinski definition) is 3. The highest BCUT2D eigenvalue weighted by Gasteiger charge is 2.50. The molecule has 1 spiro atoms. The molecule has 1 aromatic carbocycles. The van der Waals surface area contributed by atoms with Gasteiger partial charge in [0.1, 0.15) is 11.6 Å². The highest BCUT2D eigenvalue weighted by Crippen LogP contribution is 2.37. The summed E-state index contributed by atoms with van der Waals surface area (Å²) < 4.78 is 27.0. The summed E-state index contributed by atoms with van der Waals surface area (Å²) in [7, 11) is 0. The molecule has 2 heterocycles. The smallest absolute Gasteiger partial charge is 0.230 e. The monoisotopic (exact) mass is 338 g/mol. The minimum atomic E-state index is -0.993. The van der Waals surface area contributed by atoms with Crippen LogP contribution in [0.4, 0.5) is 8.78 Å². The van der Waals surface area contributed by atoms with Gasteiger partial charge in [-0.1, -0.05) is 0 Å². The van der Waals surface area contributed by atoms with Crippen molar-refractivity contribution >= 4 is 11.8 Å². The molecule has 0 aliphatic carbocycles. The van der Waals surface area contributed by atoms with Crippen LogP contribution >= 0.6 is 0 Å². The van der Waals surface area contributed by atoms with Crippen LogP contribution < -0.4 is 5.32 Å². The lowest BCUT2D eigenvalue weighted by Crippen LogP contribution is -2.62. The van der Waals surface area contributed by atoms with Gasteiger partial charge in [0, 0.05) is 25.2 Å². The first-order valence-corrected chi connectivity index (χ1v) is 8.10. The van der Waals surface area contributed by atoms with Crippen LogP contribution in [0.25, 0.3) is 0 Å². The van der Waals surface area contributed by atoms with Crippen molar-refractivity contribution in [3.63, 3.8) is 0 Å². The van der Waals surface area contributed by atoms with E-state index in [1.165, 1.54) is 4.90 Å². The summed E-state index contributed by atoms with van der Waals surface area (Å²) in [6.07, 6.45) is 0.483. The number of likely N-dealkylation sites (tertiary alicyclic amines) is 1. The van der Waals surface area contributed by atoms with Crippen LogP contribution in [-0.2, 0) is 16.0 Å². The van der Waals surface area contributed by atoms with Gasteiger partial charge in [-0.25, -0.2) is 8.78 Å². The Morgan fingerprint density at radius 1 is 1.42 bits per heavy atom. The third-order valence-electron chi connectivity index (χ3n) is 5.02. The van der Waals surface area contributed by atoms with Gasteiger partial charge in [0.2, 0.25) is 11.8 Å². The van der Waals surface area contributed by atoms with E-state index in [4.69, 9.17) is 0 Å². The predicted octanol–water partition coefficient (Wildman–Crippen LogP) is 0.997. The second-order valence-electron chi connectivity index (χ2n) is 6.55. The summed E-state index contributed by atoms with van der Waals surface area (Å²) in [5.74, 6) is -1.84. The molecular formula is C17H20F2N2O3. The molecule has 2 saturated heterocycles. The third kappa shape index (κ3) is 3.00. The van der Waals surface area contributed by atoms with Crippen molar-refractivity contribution in [2.24, 2.45) is 5.41 Å². The van der Waals surface area contributed by atoms with Gasteiger partial charge in [0.05, 0.1) is 17.9 Å². The molecule has 0 bridgehead atoms. The summed E-state index contributed by atoms with van der Waals surface area (Å²) in [4.78, 5) is 26.3. The SMILES string of the molecule is O=C(Cc1cc(F)ccc1F)N1CC[C@H](O)[C@@]2(CCCNC2=O)C1. The van der Waals surface area contributed by atoms with Crippen molar-refractivity contribution < 1.29 is 23.5 Å². The summed E-state index contributed by atoms with van der Waals surface area (Å²) in [6, 6.07) is 3.00. The van der Waals surface area contributed by atoms with Crippen molar-refractivity contribution in [2.45, 2.75) is 31.8 Å². The molecule has 130 valence electrons. The molecule has 0 unspecified atom stereocenters. The average Bonchev–Trinajstić information content (AvgIpc) is 2.56. The number of benzene rings is 1. The number of rotatable bonds is 2. The van der Waals surface area contributed by atoms with Crippen molar-refractivity contribution in [1.82, 2.24) is 10.2 Å². The molecular weight excluding hydrogens is 318 g/mol. The number of nitrogens with one attached hydrogen (secondary N) is 1. The molecule has 0 aromatic heterocycles. The van der Waals surface area contributed by atoms with E-state index in [0.717, 1.165) is 24.6 Å². The Bertz CT molecular complexity index is 667. The lowest BCUT2D eigenvalue weighted by molar-refractivity contribution is -0.154. The number of aliphatic hydroxyl groups is 1. The predicted molar refractivity (Wildman–Crippen MR) is 81.9 cm³/mol. The minimum absolute atomic E-state index is 0.00623. The van der Waals surface area contributed by atoms with Crippen LogP contribution in [0.3, 0.4) is 0 Å². The number of amides is 2. The van der Waals surface area contributed by atoms with Gasteiger partial charge >= 0.3 is 0 Å². The highest BCUT2D eigenvalue weighted by atomic mass is 19.1. The lowest BCUT2D eigenvalue weighted by atomic mass is 9.71. The summed E-state index contributed by atoms with van der Waals surface area (Å²) in [5.41, 5.74) is -1.000. The Labute approximate surface area is 138 Å². The number of aliphatic hydroxyl groups excluding tert-OH is 1. The molecule has 2 fully saturated rings. The Morgan fingerprint density at radius 2 is 2.21 bits per heavy atom. The van der Waals surface area contributed by atoms with Gasteiger partial charge in [-0.05, 0) is 37.5 Å². The molecule has 2 N–H and O–H groups in total. The fraction of sp³-hybridized carbons (Fsp3) is 0.529. The third-order valence-corrected chi connectivity index (χ3v) is 5.02. The normalized spacial score (nSPS) is 27.2. The molecule has 0 radical (unpaired) electrons. The molecule has 1 aromatic rings. The highest BCUT2D eigenvalue weighted by molar-refractivity contribution is 5.86. The zero-order chi connectivity index (χ0) is 17.3. The van der Waals surface area contributed by atoms with Crippen LogP contribution in [0, 0.1) is 17.0 Å². The van der Waals surface area contributed by atoms with Crippen LogP contribution in [0.1, 0.15) is 24.8 Å². The fourth-order valence-corrected chi connectivity index (χ4v) is 3.61. The number of nitrogens with zero attached hydrogens (tertiary/aromatic N) is 1. The summed E-state index contributed by atoms with van der Waals surface area (Å²) >= 11 is 0. The van der Waals surface area contributed by atoms with E-state index in [-0.39, 0.29) is 30.3 Å². The molecule has 2 aliphatic rings. The van der Waals surface area contributed by atoms with Gasteiger partial charge in [-0.3, -0.25) is 9.59 Å². The van der Waals surface area contributed by atoms with E-state index in [1.807, 2.05) is 0 Å². The zero-order valence-electron chi connectivity index (χ0n) is 13.2. The summed E-state index contributed by atoms with van der Waals surface area (Å²) in [5, 5.41) is 13.1. The Morgan fingerprint density at radius 3 is 2.96 bits per heavy atom. The van der Waals surface area contributed by atoms with Crippen LogP contribution in [0.2, 0.25) is 0 Å². The number of carbonyl (C=O) groups excluding carboxylic acids is 2. The van der Waals surface area contributed by atoms with Crippen molar-refractivity contribution in [3.05, 3.63) is 35.4 Å². The molecule has 2 aliphatic heterocycles. The Kier molecular flexibility index (Phi) is 4.54. The van der Waals surface area contributed by atoms with Gasteiger partial charge < -0.3 is 15.3 Å². The standard InChI is InChI=1S/C17H20F2N2O3/c18-12-2-3-13(19)11(8-12)9-15(23)21-7-4-14(22)17(10-21)5-1-6-20-16(17)24/h2-3,8,14,22H,1,4-7,9-10H2,(H,20,24)/t14-,17+/m0/s1. The topological polar surface area (TPSA) is 69.6 Å². The van der Waals surface area contributed by atoms with Crippen LogP contribution in [0.5, 0.6) is 0 Å². The van der Waals surface area contributed by atoms with Gasteiger partial charge in [0.15, 0.2) is 0 Å². The van der Waals surface area contributed by atoms with E-state index >= 15 is 0 Å². The average molecular weight is 338 g/mol. The Balaban J connectivity index is 1.76. The van der Waals surface area contributed by atoms with E-state index < -0.39 is 23.2 Å². The van der Waals surface area contributed by atoms with Gasteiger partial charge in [-0.15, -0.1) is 0 Å². The maximum atomic E-state index is 13.7. The second-order valence-corrected chi connectivity index (χ2v) is 6.55. The number of carbonyl (C=O) groups is 2. The number of halogens is 2. The molecule has 7 heteroatoms. The molecule has 0 saturated carbocycles. The number of hydrogen-bond donors (Lipinski definition) is 2. The minimum Gasteiger partial charge on any atom is -0.392 e. The largest absolute Gasteiger partial charge is 0.392 e. The van der Waals surface area contributed by atoms with E-state index in [0.29, 0.717) is 25.9 Å².